The number of aromatic nitrogens is 1. The lowest BCUT2D eigenvalue weighted by atomic mass is 10.1. The number of hydrogen-bond donors (Lipinski definition) is 2. The molecule has 0 radical (unpaired) electrons. The monoisotopic (exact) mass is 349 g/mol. The number of benzene rings is 2. The Bertz CT molecular complexity index is 975. The van der Waals surface area contributed by atoms with E-state index in [1.165, 1.54) is 11.3 Å². The van der Waals surface area contributed by atoms with Crippen LogP contribution < -0.4 is 10.1 Å². The normalized spacial score (nSPS) is 13.9. The molecule has 124 valence electrons. The van der Waals surface area contributed by atoms with Gasteiger partial charge in [-0.3, -0.25) is 4.99 Å². The standard InChI is InChI=1S/C19H15N3O2S/c1-24-14-8-6-13(7-9-14)21-19-22-18(23)17(25-19)10-12-11-20-16-5-3-2-4-15(12)16/h2-11,23H,1H3,(H,21,22)/b12-10-. The molecule has 0 amide bonds. The summed E-state index contributed by atoms with van der Waals surface area (Å²) in [5, 5.41) is 14.0. The third-order valence-corrected chi connectivity index (χ3v) is 4.73. The maximum atomic E-state index is 10.2. The lowest BCUT2D eigenvalue weighted by Gasteiger charge is -2.03. The van der Waals surface area contributed by atoms with E-state index >= 15 is 0 Å². The van der Waals surface area contributed by atoms with E-state index in [0.29, 0.717) is 10.0 Å². The molecule has 0 unspecified atom stereocenters. The van der Waals surface area contributed by atoms with Crippen molar-refractivity contribution in [3.05, 3.63) is 59.0 Å². The fourth-order valence-corrected chi connectivity index (χ4v) is 3.40. The van der Waals surface area contributed by atoms with E-state index < -0.39 is 0 Å². The van der Waals surface area contributed by atoms with Crippen molar-refractivity contribution >= 4 is 45.7 Å². The Balaban J connectivity index is 1.59. The van der Waals surface area contributed by atoms with Gasteiger partial charge in [-0.2, -0.15) is 4.98 Å². The number of anilines is 2. The smallest absolute Gasteiger partial charge is 0.231 e. The van der Waals surface area contributed by atoms with E-state index in [9.17, 15) is 5.11 Å². The van der Waals surface area contributed by atoms with Crippen molar-refractivity contribution < 1.29 is 9.84 Å². The van der Waals surface area contributed by atoms with E-state index in [2.05, 4.69) is 15.3 Å². The van der Waals surface area contributed by atoms with E-state index in [4.69, 9.17) is 4.74 Å². The summed E-state index contributed by atoms with van der Waals surface area (Å²) in [6, 6.07) is 15.4. The molecule has 2 aromatic carbocycles. The molecule has 0 aliphatic carbocycles. The van der Waals surface area contributed by atoms with Crippen LogP contribution >= 0.6 is 11.3 Å². The number of nitrogens with one attached hydrogen (secondary N) is 1. The number of ether oxygens (including phenoxy) is 1. The van der Waals surface area contributed by atoms with E-state index in [-0.39, 0.29) is 5.88 Å². The van der Waals surface area contributed by atoms with Crippen LogP contribution in [-0.2, 0) is 0 Å². The molecule has 0 fully saturated rings. The number of thiazole rings is 1. The zero-order chi connectivity index (χ0) is 17.2. The Morgan fingerprint density at radius 2 is 1.92 bits per heavy atom. The maximum Gasteiger partial charge on any atom is 0.231 e. The Morgan fingerprint density at radius 1 is 1.12 bits per heavy atom. The first-order valence-electron chi connectivity index (χ1n) is 7.69. The molecule has 3 aromatic rings. The van der Waals surface area contributed by atoms with Gasteiger partial charge in [-0.05, 0) is 36.4 Å². The average molecular weight is 349 g/mol. The summed E-state index contributed by atoms with van der Waals surface area (Å²) < 4.78 is 5.14. The third-order valence-electron chi connectivity index (χ3n) is 3.82. The van der Waals surface area contributed by atoms with Crippen LogP contribution in [0.5, 0.6) is 11.6 Å². The molecule has 1 aliphatic rings. The van der Waals surface area contributed by atoms with Gasteiger partial charge in [0.25, 0.3) is 0 Å². The summed E-state index contributed by atoms with van der Waals surface area (Å²) in [5.74, 6) is 0.795. The van der Waals surface area contributed by atoms with Crippen molar-refractivity contribution in [1.82, 2.24) is 4.98 Å². The van der Waals surface area contributed by atoms with Crippen molar-refractivity contribution in [1.29, 1.82) is 0 Å². The lowest BCUT2D eigenvalue weighted by Crippen LogP contribution is -1.89. The summed E-state index contributed by atoms with van der Waals surface area (Å²) in [6.07, 6.45) is 3.71. The van der Waals surface area contributed by atoms with Crippen LogP contribution in [0, 0.1) is 0 Å². The summed E-state index contributed by atoms with van der Waals surface area (Å²) in [7, 11) is 1.63. The van der Waals surface area contributed by atoms with Crippen LogP contribution in [0.1, 0.15) is 10.4 Å². The van der Waals surface area contributed by atoms with E-state index in [1.54, 1.807) is 13.3 Å². The Hall–Kier alpha value is -3.12. The van der Waals surface area contributed by atoms with Crippen molar-refractivity contribution in [3.63, 3.8) is 0 Å². The fourth-order valence-electron chi connectivity index (χ4n) is 2.56. The number of hydrogen-bond acceptors (Lipinski definition) is 6. The summed E-state index contributed by atoms with van der Waals surface area (Å²) in [4.78, 5) is 9.26. The first-order valence-corrected chi connectivity index (χ1v) is 8.50. The Kier molecular flexibility index (Phi) is 3.95. The highest BCUT2D eigenvalue weighted by atomic mass is 32.1. The van der Waals surface area contributed by atoms with Gasteiger partial charge in [-0.25, -0.2) is 0 Å². The predicted octanol–water partition coefficient (Wildman–Crippen LogP) is 4.86. The van der Waals surface area contributed by atoms with Crippen molar-refractivity contribution in [2.45, 2.75) is 0 Å². The molecule has 5 nitrogen and oxygen atoms in total. The molecular weight excluding hydrogens is 334 g/mol. The number of rotatable bonds is 4. The Labute approximate surface area is 149 Å². The van der Waals surface area contributed by atoms with Crippen LogP contribution in [0.25, 0.3) is 11.6 Å². The molecule has 0 spiro atoms. The van der Waals surface area contributed by atoms with E-state index in [0.717, 1.165) is 28.3 Å². The summed E-state index contributed by atoms with van der Waals surface area (Å²) in [5.41, 5.74) is 3.83. The summed E-state index contributed by atoms with van der Waals surface area (Å²) in [6.45, 7) is 0. The van der Waals surface area contributed by atoms with Gasteiger partial charge in [0.1, 0.15) is 5.75 Å². The molecule has 0 atom stereocenters. The van der Waals surface area contributed by atoms with Crippen molar-refractivity contribution in [2.75, 3.05) is 12.4 Å². The fraction of sp³-hybridized carbons (Fsp3) is 0.0526. The lowest BCUT2D eigenvalue weighted by molar-refractivity contribution is 0.415. The van der Waals surface area contributed by atoms with Gasteiger partial charge >= 0.3 is 0 Å². The first-order chi connectivity index (χ1) is 12.2. The second-order valence-electron chi connectivity index (χ2n) is 5.44. The zero-order valence-electron chi connectivity index (χ0n) is 13.4. The van der Waals surface area contributed by atoms with Gasteiger partial charge < -0.3 is 15.2 Å². The molecule has 1 aromatic heterocycles. The van der Waals surface area contributed by atoms with Crippen LogP contribution in [0.3, 0.4) is 0 Å². The quantitative estimate of drug-likeness (QED) is 0.706. The van der Waals surface area contributed by atoms with E-state index in [1.807, 2.05) is 54.6 Å². The molecule has 1 aliphatic heterocycles. The number of para-hydroxylation sites is 1. The molecule has 2 heterocycles. The SMILES string of the molecule is COc1ccc(Nc2nc(O)c(/C=C3/C=Nc4ccccc43)s2)cc1. The highest BCUT2D eigenvalue weighted by Crippen LogP contribution is 2.37. The minimum absolute atomic E-state index is 0.00583. The van der Waals surface area contributed by atoms with Crippen LogP contribution in [0.2, 0.25) is 0 Å². The van der Waals surface area contributed by atoms with Crippen LogP contribution in [0.4, 0.5) is 16.5 Å². The van der Waals surface area contributed by atoms with Gasteiger partial charge in [0.05, 0.1) is 17.7 Å². The highest BCUT2D eigenvalue weighted by molar-refractivity contribution is 7.16. The summed E-state index contributed by atoms with van der Waals surface area (Å²) >= 11 is 1.38. The second-order valence-corrected chi connectivity index (χ2v) is 6.47. The van der Waals surface area contributed by atoms with Crippen molar-refractivity contribution in [3.8, 4) is 11.6 Å². The molecule has 0 saturated heterocycles. The number of fused-ring (bicyclic) bond motifs is 1. The first kappa shape index (κ1) is 15.4. The van der Waals surface area contributed by atoms with Gasteiger partial charge in [-0.15, -0.1) is 0 Å². The number of methoxy groups -OCH3 is 1. The maximum absolute atomic E-state index is 10.2. The molecule has 0 saturated carbocycles. The highest BCUT2D eigenvalue weighted by Gasteiger charge is 2.14. The van der Waals surface area contributed by atoms with Crippen molar-refractivity contribution in [2.24, 2.45) is 4.99 Å². The topological polar surface area (TPSA) is 66.7 Å². The second kappa shape index (κ2) is 6.41. The van der Waals surface area contributed by atoms with Crippen LogP contribution in [-0.4, -0.2) is 23.4 Å². The Morgan fingerprint density at radius 3 is 2.72 bits per heavy atom. The minimum atomic E-state index is 0.00583. The third kappa shape index (κ3) is 3.12. The number of nitrogens with zero attached hydrogens (tertiary/aromatic N) is 2. The number of allylic oxidation sites excluding steroid dienone is 1. The van der Waals surface area contributed by atoms with Gasteiger partial charge in [-0.1, -0.05) is 29.5 Å². The van der Waals surface area contributed by atoms with Gasteiger partial charge in [0.2, 0.25) is 5.88 Å². The number of aromatic hydroxyl groups is 1. The molecule has 25 heavy (non-hydrogen) atoms. The largest absolute Gasteiger partial charge is 0.497 e. The molecular formula is C19H15N3O2S. The molecule has 0 bridgehead atoms. The van der Waals surface area contributed by atoms with Gasteiger partial charge in [0, 0.05) is 23.0 Å². The molecule has 4 rings (SSSR count). The molecule has 2 N–H and O–H groups in total. The van der Waals surface area contributed by atoms with Crippen LogP contribution in [0.15, 0.2) is 53.5 Å². The zero-order valence-corrected chi connectivity index (χ0v) is 14.2. The minimum Gasteiger partial charge on any atom is -0.497 e. The number of aliphatic imine (C=N–C) groups is 1. The average Bonchev–Trinajstić information content (AvgIpc) is 3.20. The van der Waals surface area contributed by atoms with Gasteiger partial charge in [0.15, 0.2) is 5.13 Å². The molecule has 6 heteroatoms. The predicted molar refractivity (Wildman–Crippen MR) is 103 cm³/mol.